The van der Waals surface area contributed by atoms with Gasteiger partial charge >= 0.3 is 0 Å². The molecule has 0 amide bonds. The quantitative estimate of drug-likeness (QED) is 0.608. The molecule has 1 aromatic carbocycles. The van der Waals surface area contributed by atoms with Crippen molar-refractivity contribution in [1.82, 2.24) is 0 Å². The lowest BCUT2D eigenvalue weighted by Crippen LogP contribution is -2.09. The highest BCUT2D eigenvalue weighted by Gasteiger charge is 2.19. The van der Waals surface area contributed by atoms with E-state index in [1.165, 1.54) is 16.5 Å². The van der Waals surface area contributed by atoms with Crippen LogP contribution < -0.4 is 0 Å². The molecule has 0 N–H and O–H groups in total. The van der Waals surface area contributed by atoms with Gasteiger partial charge in [-0.15, -0.1) is 0 Å². The molecule has 1 aromatic heterocycles. The van der Waals surface area contributed by atoms with Crippen LogP contribution >= 0.6 is 0 Å². The normalized spacial score (nSPS) is 12.3. The van der Waals surface area contributed by atoms with E-state index in [2.05, 4.69) is 45.9 Å². The van der Waals surface area contributed by atoms with Gasteiger partial charge in [-0.25, -0.2) is 0 Å². The fourth-order valence-corrected chi connectivity index (χ4v) is 1.72. The molecule has 0 atom stereocenters. The first-order valence-corrected chi connectivity index (χ1v) is 4.97. The van der Waals surface area contributed by atoms with E-state index < -0.39 is 0 Å². The van der Waals surface area contributed by atoms with Crippen molar-refractivity contribution in [2.75, 3.05) is 0 Å². The van der Waals surface area contributed by atoms with E-state index in [0.717, 1.165) is 5.58 Å². The van der Waals surface area contributed by atoms with Gasteiger partial charge in [0.1, 0.15) is 5.58 Å². The summed E-state index contributed by atoms with van der Waals surface area (Å²) in [6.45, 7) is 8.70. The molecule has 0 saturated carbocycles. The molecule has 0 bridgehead atoms. The van der Waals surface area contributed by atoms with Crippen molar-refractivity contribution in [3.05, 3.63) is 35.6 Å². The Hall–Kier alpha value is -1.24. The molecule has 14 heavy (non-hydrogen) atoms. The predicted octanol–water partition coefficient (Wildman–Crippen LogP) is 4.04. The van der Waals surface area contributed by atoms with Crippen LogP contribution in [0.3, 0.4) is 0 Å². The van der Waals surface area contributed by atoms with E-state index in [4.69, 9.17) is 4.42 Å². The van der Waals surface area contributed by atoms with Gasteiger partial charge in [0, 0.05) is 10.9 Å². The van der Waals surface area contributed by atoms with E-state index in [1.807, 2.05) is 6.26 Å². The minimum Gasteiger partial charge on any atom is -0.464 e. The molecule has 1 nitrogen and oxygen atoms in total. The van der Waals surface area contributed by atoms with Gasteiger partial charge in [0.05, 0.1) is 6.26 Å². The monoisotopic (exact) mass is 188 g/mol. The third-order valence-electron chi connectivity index (χ3n) is 2.54. The Bertz CT molecular complexity index is 458. The van der Waals surface area contributed by atoms with E-state index >= 15 is 0 Å². The summed E-state index contributed by atoms with van der Waals surface area (Å²) in [6.07, 6.45) is 1.88. The standard InChI is InChI=1S/C13H16O/c1-9-5-6-10-11(13(2,3)4)8-14-12(10)7-9/h5-8H,1-4H3. The Morgan fingerprint density at radius 2 is 1.86 bits per heavy atom. The number of aryl methyl sites for hydroxylation is 1. The number of hydrogen-bond donors (Lipinski definition) is 0. The van der Waals surface area contributed by atoms with Crippen LogP contribution in [0.25, 0.3) is 11.0 Å². The maximum atomic E-state index is 5.56. The van der Waals surface area contributed by atoms with Gasteiger partial charge in [-0.2, -0.15) is 0 Å². The average Bonchev–Trinajstić information content (AvgIpc) is 2.45. The summed E-state index contributed by atoms with van der Waals surface area (Å²) in [5.41, 5.74) is 3.68. The van der Waals surface area contributed by atoms with Crippen LogP contribution in [0, 0.1) is 6.92 Å². The molecule has 1 heterocycles. The summed E-state index contributed by atoms with van der Waals surface area (Å²) in [6, 6.07) is 6.37. The highest BCUT2D eigenvalue weighted by molar-refractivity contribution is 5.82. The molecular formula is C13H16O. The molecule has 0 fully saturated rings. The SMILES string of the molecule is Cc1ccc2c(C(C)(C)C)coc2c1. The molecule has 0 aliphatic carbocycles. The van der Waals surface area contributed by atoms with Crippen LogP contribution in [0.15, 0.2) is 28.9 Å². The topological polar surface area (TPSA) is 13.1 Å². The maximum Gasteiger partial charge on any atom is 0.134 e. The van der Waals surface area contributed by atoms with Crippen molar-refractivity contribution in [3.8, 4) is 0 Å². The number of fused-ring (bicyclic) bond motifs is 1. The minimum atomic E-state index is 0.153. The summed E-state index contributed by atoms with van der Waals surface area (Å²) in [5.74, 6) is 0. The van der Waals surface area contributed by atoms with Crippen molar-refractivity contribution < 1.29 is 4.42 Å². The lowest BCUT2D eigenvalue weighted by atomic mass is 9.87. The molecule has 0 aliphatic heterocycles. The lowest BCUT2D eigenvalue weighted by molar-refractivity contribution is 0.557. The first-order valence-electron chi connectivity index (χ1n) is 4.97. The predicted molar refractivity (Wildman–Crippen MR) is 59.7 cm³/mol. The molecule has 0 saturated heterocycles. The number of benzene rings is 1. The second kappa shape index (κ2) is 2.88. The average molecular weight is 188 g/mol. The zero-order valence-electron chi connectivity index (χ0n) is 9.22. The third-order valence-corrected chi connectivity index (χ3v) is 2.54. The fourth-order valence-electron chi connectivity index (χ4n) is 1.72. The third kappa shape index (κ3) is 1.43. The Morgan fingerprint density at radius 1 is 1.14 bits per heavy atom. The molecule has 0 radical (unpaired) electrons. The van der Waals surface area contributed by atoms with Crippen molar-refractivity contribution in [3.63, 3.8) is 0 Å². The number of furan rings is 1. The lowest BCUT2D eigenvalue weighted by Gasteiger charge is -2.16. The molecule has 1 heteroatoms. The van der Waals surface area contributed by atoms with Gasteiger partial charge in [0.2, 0.25) is 0 Å². The Balaban J connectivity index is 2.70. The van der Waals surface area contributed by atoms with E-state index in [-0.39, 0.29) is 5.41 Å². The molecule has 0 spiro atoms. The molecule has 74 valence electrons. The second-order valence-electron chi connectivity index (χ2n) is 4.90. The van der Waals surface area contributed by atoms with Crippen molar-refractivity contribution in [2.45, 2.75) is 33.1 Å². The largest absolute Gasteiger partial charge is 0.464 e. The Kier molecular flexibility index (Phi) is 1.91. The van der Waals surface area contributed by atoms with Gasteiger partial charge in [-0.05, 0) is 24.0 Å². The smallest absolute Gasteiger partial charge is 0.134 e. The van der Waals surface area contributed by atoms with E-state index in [0.29, 0.717) is 0 Å². The number of hydrogen-bond acceptors (Lipinski definition) is 1. The van der Waals surface area contributed by atoms with Gasteiger partial charge in [-0.1, -0.05) is 32.9 Å². The number of rotatable bonds is 0. The highest BCUT2D eigenvalue weighted by Crippen LogP contribution is 2.31. The van der Waals surface area contributed by atoms with Crippen molar-refractivity contribution >= 4 is 11.0 Å². The summed E-state index contributed by atoms with van der Waals surface area (Å²) in [4.78, 5) is 0. The van der Waals surface area contributed by atoms with E-state index in [1.54, 1.807) is 0 Å². The van der Waals surface area contributed by atoms with Crippen LogP contribution in [-0.4, -0.2) is 0 Å². The summed E-state index contributed by atoms with van der Waals surface area (Å²) in [5, 5.41) is 1.24. The van der Waals surface area contributed by atoms with Crippen LogP contribution in [0.2, 0.25) is 0 Å². The van der Waals surface area contributed by atoms with Crippen LogP contribution in [0.5, 0.6) is 0 Å². The molecule has 0 unspecified atom stereocenters. The van der Waals surface area contributed by atoms with Crippen molar-refractivity contribution in [2.24, 2.45) is 0 Å². The molecule has 2 rings (SSSR count). The van der Waals surface area contributed by atoms with E-state index in [9.17, 15) is 0 Å². The van der Waals surface area contributed by atoms with Crippen molar-refractivity contribution in [1.29, 1.82) is 0 Å². The molecular weight excluding hydrogens is 172 g/mol. The highest BCUT2D eigenvalue weighted by atomic mass is 16.3. The zero-order valence-corrected chi connectivity index (χ0v) is 9.22. The van der Waals surface area contributed by atoms with Crippen LogP contribution in [0.1, 0.15) is 31.9 Å². The van der Waals surface area contributed by atoms with Crippen LogP contribution in [0.4, 0.5) is 0 Å². The van der Waals surface area contributed by atoms with Gasteiger partial charge in [-0.3, -0.25) is 0 Å². The second-order valence-corrected chi connectivity index (χ2v) is 4.90. The summed E-state index contributed by atoms with van der Waals surface area (Å²) in [7, 11) is 0. The first kappa shape index (κ1) is 9.32. The minimum absolute atomic E-state index is 0.153. The van der Waals surface area contributed by atoms with Gasteiger partial charge in [0.25, 0.3) is 0 Å². The summed E-state index contributed by atoms with van der Waals surface area (Å²) >= 11 is 0. The van der Waals surface area contributed by atoms with Gasteiger partial charge in [0.15, 0.2) is 0 Å². The zero-order chi connectivity index (χ0) is 10.3. The van der Waals surface area contributed by atoms with Gasteiger partial charge < -0.3 is 4.42 Å². The maximum absolute atomic E-state index is 5.56. The van der Waals surface area contributed by atoms with Crippen LogP contribution in [-0.2, 0) is 5.41 Å². The fraction of sp³-hybridized carbons (Fsp3) is 0.385. The summed E-state index contributed by atoms with van der Waals surface area (Å²) < 4.78 is 5.56. The first-order chi connectivity index (χ1) is 6.48. The Labute approximate surface area is 84.7 Å². The molecule has 0 aliphatic rings. The molecule has 2 aromatic rings. The Morgan fingerprint density at radius 3 is 2.50 bits per heavy atom.